The molecule has 0 radical (unpaired) electrons. The molecule has 0 aromatic heterocycles. The van der Waals surface area contributed by atoms with Gasteiger partial charge in [-0.2, -0.15) is 0 Å². The minimum atomic E-state index is 0. The fourth-order valence-corrected chi connectivity index (χ4v) is 1.72. The smallest absolute Gasteiger partial charge is 0.223 e. The number of benzene rings is 1. The second kappa shape index (κ2) is 11.3. The van der Waals surface area contributed by atoms with Gasteiger partial charge in [-0.15, -0.1) is 24.0 Å². The zero-order chi connectivity index (χ0) is 15.7. The standard InChI is InChI=1S/C16H26N4O.HI/c1-5-17-16(18-11-10-15(21)20(3)4)19-12-14-8-6-13(2)7-9-14;/h6-9H,5,10-12H2,1-4H3,(H2,17,18,19);1H. The highest BCUT2D eigenvalue weighted by atomic mass is 127. The molecular weight excluding hydrogens is 391 g/mol. The quantitative estimate of drug-likeness (QED) is 0.423. The molecule has 0 spiro atoms. The number of aryl methyl sites for hydroxylation is 1. The van der Waals surface area contributed by atoms with Crippen LogP contribution in [0.4, 0.5) is 0 Å². The van der Waals surface area contributed by atoms with Crippen LogP contribution in [0.25, 0.3) is 0 Å². The topological polar surface area (TPSA) is 56.7 Å². The Bertz CT molecular complexity index is 472. The van der Waals surface area contributed by atoms with Crippen LogP contribution in [0, 0.1) is 6.92 Å². The van der Waals surface area contributed by atoms with Crippen molar-refractivity contribution in [2.75, 3.05) is 27.2 Å². The van der Waals surface area contributed by atoms with Crippen LogP contribution in [0.2, 0.25) is 0 Å². The van der Waals surface area contributed by atoms with Gasteiger partial charge in [0.2, 0.25) is 5.91 Å². The van der Waals surface area contributed by atoms with Crippen LogP contribution in [0.5, 0.6) is 0 Å². The van der Waals surface area contributed by atoms with E-state index in [1.807, 2.05) is 6.92 Å². The average molecular weight is 418 g/mol. The fourth-order valence-electron chi connectivity index (χ4n) is 1.72. The number of hydrogen-bond acceptors (Lipinski definition) is 2. The molecule has 22 heavy (non-hydrogen) atoms. The van der Waals surface area contributed by atoms with Crippen molar-refractivity contribution in [2.45, 2.75) is 26.8 Å². The molecule has 124 valence electrons. The van der Waals surface area contributed by atoms with E-state index in [4.69, 9.17) is 0 Å². The molecule has 0 atom stereocenters. The van der Waals surface area contributed by atoms with E-state index < -0.39 is 0 Å². The Kier molecular flexibility index (Phi) is 10.6. The lowest BCUT2D eigenvalue weighted by molar-refractivity contribution is -0.128. The molecule has 0 fully saturated rings. The van der Waals surface area contributed by atoms with Gasteiger partial charge in [-0.25, -0.2) is 4.99 Å². The van der Waals surface area contributed by atoms with Crippen LogP contribution in [0.15, 0.2) is 29.3 Å². The maximum Gasteiger partial charge on any atom is 0.223 e. The normalized spacial score (nSPS) is 10.6. The molecule has 1 rings (SSSR count). The van der Waals surface area contributed by atoms with Gasteiger partial charge in [0.25, 0.3) is 0 Å². The third kappa shape index (κ3) is 8.21. The third-order valence-electron chi connectivity index (χ3n) is 3.01. The van der Waals surface area contributed by atoms with Crippen molar-refractivity contribution in [3.05, 3.63) is 35.4 Å². The molecule has 0 heterocycles. The third-order valence-corrected chi connectivity index (χ3v) is 3.01. The van der Waals surface area contributed by atoms with Crippen LogP contribution < -0.4 is 10.6 Å². The summed E-state index contributed by atoms with van der Waals surface area (Å²) in [6.45, 7) is 6.09. The lowest BCUT2D eigenvalue weighted by atomic mass is 10.1. The maximum absolute atomic E-state index is 11.5. The molecule has 6 heteroatoms. The summed E-state index contributed by atoms with van der Waals surface area (Å²) < 4.78 is 0. The maximum atomic E-state index is 11.5. The molecule has 2 N–H and O–H groups in total. The van der Waals surface area contributed by atoms with E-state index in [0.29, 0.717) is 19.5 Å². The minimum Gasteiger partial charge on any atom is -0.357 e. The molecule has 0 unspecified atom stereocenters. The monoisotopic (exact) mass is 418 g/mol. The first kappa shape index (κ1) is 20.7. The lowest BCUT2D eigenvalue weighted by Gasteiger charge is -2.13. The lowest BCUT2D eigenvalue weighted by Crippen LogP contribution is -2.39. The highest BCUT2D eigenvalue weighted by Crippen LogP contribution is 2.04. The van der Waals surface area contributed by atoms with E-state index in [9.17, 15) is 4.79 Å². The number of halogens is 1. The zero-order valence-electron chi connectivity index (χ0n) is 13.8. The van der Waals surface area contributed by atoms with E-state index in [2.05, 4.69) is 46.8 Å². The van der Waals surface area contributed by atoms with Gasteiger partial charge in [-0.3, -0.25) is 4.79 Å². The molecule has 0 saturated heterocycles. The number of carbonyl (C=O) groups excluding carboxylic acids is 1. The van der Waals surface area contributed by atoms with Crippen LogP contribution >= 0.6 is 24.0 Å². The summed E-state index contributed by atoms with van der Waals surface area (Å²) in [6.07, 6.45) is 0.460. The number of aliphatic imine (C=N–C) groups is 1. The summed E-state index contributed by atoms with van der Waals surface area (Å²) >= 11 is 0. The molecule has 5 nitrogen and oxygen atoms in total. The molecule has 0 saturated carbocycles. The van der Waals surface area contributed by atoms with Crippen LogP contribution in [-0.4, -0.2) is 44.0 Å². The van der Waals surface area contributed by atoms with Crippen molar-refractivity contribution in [1.29, 1.82) is 0 Å². The highest BCUT2D eigenvalue weighted by molar-refractivity contribution is 14.0. The van der Waals surface area contributed by atoms with Crippen molar-refractivity contribution < 1.29 is 4.79 Å². The van der Waals surface area contributed by atoms with Crippen molar-refractivity contribution in [1.82, 2.24) is 15.5 Å². The van der Waals surface area contributed by atoms with E-state index >= 15 is 0 Å². The predicted molar refractivity (Wildman–Crippen MR) is 103 cm³/mol. The largest absolute Gasteiger partial charge is 0.357 e. The molecule has 0 aliphatic rings. The Morgan fingerprint density at radius 1 is 1.18 bits per heavy atom. The molecule has 1 aromatic rings. The van der Waals surface area contributed by atoms with E-state index in [1.54, 1.807) is 19.0 Å². The van der Waals surface area contributed by atoms with Crippen molar-refractivity contribution >= 4 is 35.8 Å². The summed E-state index contributed by atoms with van der Waals surface area (Å²) in [7, 11) is 3.53. The van der Waals surface area contributed by atoms with E-state index in [1.165, 1.54) is 11.1 Å². The molecular formula is C16H27IN4O. The summed E-state index contributed by atoms with van der Waals surface area (Å²) in [5, 5.41) is 6.36. The number of hydrogen-bond donors (Lipinski definition) is 2. The van der Waals surface area contributed by atoms with Gasteiger partial charge in [0, 0.05) is 33.6 Å². The summed E-state index contributed by atoms with van der Waals surface area (Å²) in [6, 6.07) is 8.33. The zero-order valence-corrected chi connectivity index (χ0v) is 16.2. The Labute approximate surface area is 150 Å². The number of amides is 1. The molecule has 0 aliphatic carbocycles. The van der Waals surface area contributed by atoms with Crippen molar-refractivity contribution in [3.8, 4) is 0 Å². The van der Waals surface area contributed by atoms with E-state index in [-0.39, 0.29) is 29.9 Å². The van der Waals surface area contributed by atoms with Crippen LogP contribution in [-0.2, 0) is 11.3 Å². The van der Waals surface area contributed by atoms with Gasteiger partial charge in [0.1, 0.15) is 0 Å². The van der Waals surface area contributed by atoms with Crippen LogP contribution in [0.3, 0.4) is 0 Å². The Morgan fingerprint density at radius 3 is 2.36 bits per heavy atom. The first-order valence-electron chi connectivity index (χ1n) is 7.30. The summed E-state index contributed by atoms with van der Waals surface area (Å²) in [5.74, 6) is 0.849. The van der Waals surface area contributed by atoms with Crippen LogP contribution in [0.1, 0.15) is 24.5 Å². The first-order chi connectivity index (χ1) is 10.0. The SMILES string of the molecule is CCNC(=NCc1ccc(C)cc1)NCCC(=O)N(C)C.I. The predicted octanol–water partition coefficient (Wildman–Crippen LogP) is 2.15. The molecule has 1 aromatic carbocycles. The average Bonchev–Trinajstić information content (AvgIpc) is 2.46. The number of nitrogens with zero attached hydrogens (tertiary/aromatic N) is 2. The number of guanidine groups is 1. The number of nitrogens with one attached hydrogen (secondary N) is 2. The Balaban J connectivity index is 0.00000441. The molecule has 0 aliphatic heterocycles. The van der Waals surface area contributed by atoms with Gasteiger partial charge in [0.15, 0.2) is 5.96 Å². The Morgan fingerprint density at radius 2 is 1.82 bits per heavy atom. The van der Waals surface area contributed by atoms with Gasteiger partial charge < -0.3 is 15.5 Å². The Hall–Kier alpha value is -1.31. The van der Waals surface area contributed by atoms with E-state index in [0.717, 1.165) is 12.5 Å². The van der Waals surface area contributed by atoms with Gasteiger partial charge >= 0.3 is 0 Å². The van der Waals surface area contributed by atoms with Gasteiger partial charge in [-0.1, -0.05) is 29.8 Å². The summed E-state index contributed by atoms with van der Waals surface area (Å²) in [5.41, 5.74) is 2.41. The fraction of sp³-hybridized carbons (Fsp3) is 0.500. The second-order valence-electron chi connectivity index (χ2n) is 5.15. The van der Waals surface area contributed by atoms with Crippen molar-refractivity contribution in [3.63, 3.8) is 0 Å². The molecule has 1 amide bonds. The van der Waals surface area contributed by atoms with Crippen molar-refractivity contribution in [2.24, 2.45) is 4.99 Å². The number of rotatable bonds is 6. The highest BCUT2D eigenvalue weighted by Gasteiger charge is 2.04. The summed E-state index contributed by atoms with van der Waals surface area (Å²) in [4.78, 5) is 17.6. The second-order valence-corrected chi connectivity index (χ2v) is 5.15. The van der Waals surface area contributed by atoms with Gasteiger partial charge in [0.05, 0.1) is 6.54 Å². The minimum absolute atomic E-state index is 0. The van der Waals surface area contributed by atoms with Gasteiger partial charge in [-0.05, 0) is 19.4 Å². The first-order valence-corrected chi connectivity index (χ1v) is 7.30. The number of carbonyl (C=O) groups is 1. The molecule has 0 bridgehead atoms.